The zero-order valence-electron chi connectivity index (χ0n) is 17.7. The molecule has 1 aliphatic rings. The first-order valence-electron chi connectivity index (χ1n) is 10.3. The van der Waals surface area contributed by atoms with E-state index in [1.807, 2.05) is 36.4 Å². The molecule has 1 amide bonds. The maximum atomic E-state index is 12.8. The number of aliphatic hydroxyl groups is 1. The highest BCUT2D eigenvalue weighted by Crippen LogP contribution is 2.28. The molecule has 2 atom stereocenters. The minimum absolute atomic E-state index is 0.0420. The Morgan fingerprint density at radius 3 is 2.74 bits per heavy atom. The fourth-order valence-electron chi connectivity index (χ4n) is 3.85. The Kier molecular flexibility index (Phi) is 6.23. The molecule has 1 fully saturated rings. The van der Waals surface area contributed by atoms with Crippen molar-refractivity contribution >= 4 is 16.8 Å². The molecule has 1 aromatic heterocycles. The second kappa shape index (κ2) is 9.22. The van der Waals surface area contributed by atoms with E-state index in [-0.39, 0.29) is 25.0 Å². The van der Waals surface area contributed by atoms with E-state index in [9.17, 15) is 9.90 Å². The van der Waals surface area contributed by atoms with Crippen molar-refractivity contribution in [3.05, 3.63) is 60.3 Å². The first-order valence-corrected chi connectivity index (χ1v) is 10.3. The van der Waals surface area contributed by atoms with Crippen molar-refractivity contribution in [1.29, 1.82) is 0 Å². The van der Waals surface area contributed by atoms with Crippen molar-refractivity contribution < 1.29 is 24.1 Å². The Balaban J connectivity index is 1.36. The zero-order valence-corrected chi connectivity index (χ0v) is 17.7. The summed E-state index contributed by atoms with van der Waals surface area (Å²) in [6, 6.07) is 15.0. The molecule has 1 saturated heterocycles. The molecule has 2 heterocycles. The molecule has 4 rings (SSSR count). The number of pyridine rings is 1. The summed E-state index contributed by atoms with van der Waals surface area (Å²) in [4.78, 5) is 18.8. The number of ether oxygens (including phenoxy) is 3. The standard InChI is InChI=1S/C24H26N2O5/c1-29-22-8-5-16(12-23(22)30-2)13-24(28)26-11-9-21(20(27)15-26)31-18-7-6-17-4-3-10-25-19(17)14-18/h3-8,10,12,14,20-21,27H,9,11,13,15H2,1-2H3/t20-,21-/m1/s1. The van der Waals surface area contributed by atoms with Crippen molar-refractivity contribution in [3.63, 3.8) is 0 Å². The van der Waals surface area contributed by atoms with Gasteiger partial charge in [-0.15, -0.1) is 0 Å². The van der Waals surface area contributed by atoms with Crippen LogP contribution in [0.25, 0.3) is 10.9 Å². The van der Waals surface area contributed by atoms with E-state index in [2.05, 4.69) is 4.98 Å². The summed E-state index contributed by atoms with van der Waals surface area (Å²) in [5, 5.41) is 11.6. The van der Waals surface area contributed by atoms with Gasteiger partial charge in [-0.3, -0.25) is 9.78 Å². The molecule has 1 aliphatic heterocycles. The van der Waals surface area contributed by atoms with Crippen LogP contribution in [-0.4, -0.2) is 60.4 Å². The van der Waals surface area contributed by atoms with Crippen LogP contribution in [0.1, 0.15) is 12.0 Å². The summed E-state index contributed by atoms with van der Waals surface area (Å²) in [7, 11) is 3.14. The number of hydrogen-bond acceptors (Lipinski definition) is 6. The van der Waals surface area contributed by atoms with Gasteiger partial charge in [-0.2, -0.15) is 0 Å². The zero-order chi connectivity index (χ0) is 21.8. The Labute approximate surface area is 181 Å². The Morgan fingerprint density at radius 1 is 1.13 bits per heavy atom. The SMILES string of the molecule is COc1ccc(CC(=O)N2CC[C@@H](Oc3ccc4cccnc4c3)[C@H](O)C2)cc1OC. The van der Waals surface area contributed by atoms with Crippen LogP contribution in [0.4, 0.5) is 0 Å². The number of fused-ring (bicyclic) bond motifs is 1. The van der Waals surface area contributed by atoms with Gasteiger partial charge in [0.2, 0.25) is 5.91 Å². The molecule has 7 heteroatoms. The average molecular weight is 422 g/mol. The molecule has 31 heavy (non-hydrogen) atoms. The minimum atomic E-state index is -0.762. The molecule has 1 N–H and O–H groups in total. The number of β-amino-alcohol motifs (C(OH)–C–C–N with tert-alkyl or cyclic N) is 1. The van der Waals surface area contributed by atoms with E-state index in [1.165, 1.54) is 0 Å². The maximum Gasteiger partial charge on any atom is 0.227 e. The van der Waals surface area contributed by atoms with Crippen LogP contribution in [0.15, 0.2) is 54.7 Å². The number of rotatable bonds is 6. The van der Waals surface area contributed by atoms with E-state index < -0.39 is 6.10 Å². The lowest BCUT2D eigenvalue weighted by molar-refractivity contribution is -0.136. The topological polar surface area (TPSA) is 81.1 Å². The lowest BCUT2D eigenvalue weighted by Gasteiger charge is -2.36. The van der Waals surface area contributed by atoms with Gasteiger partial charge in [0.05, 0.1) is 32.7 Å². The van der Waals surface area contributed by atoms with Crippen LogP contribution in [0.2, 0.25) is 0 Å². The van der Waals surface area contributed by atoms with Gasteiger partial charge in [-0.1, -0.05) is 12.1 Å². The number of methoxy groups -OCH3 is 2. The van der Waals surface area contributed by atoms with Crippen molar-refractivity contribution in [1.82, 2.24) is 9.88 Å². The third-order valence-electron chi connectivity index (χ3n) is 5.54. The molecule has 162 valence electrons. The fourth-order valence-corrected chi connectivity index (χ4v) is 3.85. The Bertz CT molecular complexity index is 1070. The number of nitrogens with zero attached hydrogens (tertiary/aromatic N) is 2. The van der Waals surface area contributed by atoms with Crippen molar-refractivity contribution in [2.45, 2.75) is 25.0 Å². The van der Waals surface area contributed by atoms with Crippen LogP contribution in [0.3, 0.4) is 0 Å². The highest BCUT2D eigenvalue weighted by atomic mass is 16.5. The Morgan fingerprint density at radius 2 is 1.97 bits per heavy atom. The molecule has 7 nitrogen and oxygen atoms in total. The quantitative estimate of drug-likeness (QED) is 0.658. The van der Waals surface area contributed by atoms with E-state index in [0.717, 1.165) is 16.5 Å². The van der Waals surface area contributed by atoms with Crippen LogP contribution in [-0.2, 0) is 11.2 Å². The number of benzene rings is 2. The summed E-state index contributed by atoms with van der Waals surface area (Å²) in [6.07, 6.45) is 1.39. The first kappa shape index (κ1) is 20.9. The molecule has 0 spiro atoms. The lowest BCUT2D eigenvalue weighted by Crippen LogP contribution is -2.51. The minimum Gasteiger partial charge on any atom is -0.493 e. The highest BCUT2D eigenvalue weighted by Gasteiger charge is 2.31. The van der Waals surface area contributed by atoms with Crippen molar-refractivity contribution in [2.24, 2.45) is 0 Å². The van der Waals surface area contributed by atoms with E-state index in [0.29, 0.717) is 30.2 Å². The average Bonchev–Trinajstić information content (AvgIpc) is 2.80. The molecular weight excluding hydrogens is 396 g/mol. The molecule has 2 aromatic carbocycles. The first-order chi connectivity index (χ1) is 15.1. The van der Waals surface area contributed by atoms with Crippen LogP contribution in [0.5, 0.6) is 17.2 Å². The summed E-state index contributed by atoms with van der Waals surface area (Å²) in [6.45, 7) is 0.766. The fraction of sp³-hybridized carbons (Fsp3) is 0.333. The summed E-state index contributed by atoms with van der Waals surface area (Å²) < 4.78 is 16.6. The number of carbonyl (C=O) groups is 1. The monoisotopic (exact) mass is 422 g/mol. The Hall–Kier alpha value is -3.32. The normalized spacial score (nSPS) is 18.6. The predicted molar refractivity (Wildman–Crippen MR) is 117 cm³/mol. The van der Waals surface area contributed by atoms with Crippen LogP contribution >= 0.6 is 0 Å². The third kappa shape index (κ3) is 4.72. The number of carbonyl (C=O) groups excluding carboxylic acids is 1. The summed E-state index contributed by atoms with van der Waals surface area (Å²) in [5.74, 6) is 1.83. The van der Waals surface area contributed by atoms with Gasteiger partial charge in [0.15, 0.2) is 11.5 Å². The van der Waals surface area contributed by atoms with Crippen LogP contribution in [0, 0.1) is 0 Å². The number of piperidine rings is 1. The largest absolute Gasteiger partial charge is 0.493 e. The molecule has 0 aliphatic carbocycles. The predicted octanol–water partition coefficient (Wildman–Crippen LogP) is 2.84. The van der Waals surface area contributed by atoms with Crippen molar-refractivity contribution in [3.8, 4) is 17.2 Å². The van der Waals surface area contributed by atoms with Gasteiger partial charge in [0.1, 0.15) is 18.0 Å². The van der Waals surface area contributed by atoms with E-state index in [1.54, 1.807) is 37.4 Å². The molecule has 0 radical (unpaired) electrons. The number of aromatic nitrogens is 1. The summed E-state index contributed by atoms with van der Waals surface area (Å²) in [5.41, 5.74) is 1.68. The van der Waals surface area contributed by atoms with Gasteiger partial charge in [-0.25, -0.2) is 0 Å². The van der Waals surface area contributed by atoms with Gasteiger partial charge < -0.3 is 24.2 Å². The van der Waals surface area contributed by atoms with Gasteiger partial charge >= 0.3 is 0 Å². The van der Waals surface area contributed by atoms with Crippen LogP contribution < -0.4 is 14.2 Å². The van der Waals surface area contributed by atoms with E-state index in [4.69, 9.17) is 14.2 Å². The van der Waals surface area contributed by atoms with Gasteiger partial charge in [0.25, 0.3) is 0 Å². The highest BCUT2D eigenvalue weighted by molar-refractivity contribution is 5.80. The third-order valence-corrected chi connectivity index (χ3v) is 5.54. The maximum absolute atomic E-state index is 12.8. The van der Waals surface area contributed by atoms with Gasteiger partial charge in [0, 0.05) is 30.6 Å². The second-order valence-corrected chi connectivity index (χ2v) is 7.58. The smallest absolute Gasteiger partial charge is 0.227 e. The molecular formula is C24H26N2O5. The lowest BCUT2D eigenvalue weighted by atomic mass is 10.0. The van der Waals surface area contributed by atoms with Crippen molar-refractivity contribution in [2.75, 3.05) is 27.3 Å². The number of amides is 1. The summed E-state index contributed by atoms with van der Waals surface area (Å²) >= 11 is 0. The molecule has 0 unspecified atom stereocenters. The van der Waals surface area contributed by atoms with Gasteiger partial charge in [-0.05, 0) is 35.9 Å². The molecule has 0 saturated carbocycles. The molecule has 3 aromatic rings. The second-order valence-electron chi connectivity index (χ2n) is 7.58. The molecule has 0 bridgehead atoms. The number of aliphatic hydroxyl groups excluding tert-OH is 1. The number of hydrogen-bond donors (Lipinski definition) is 1. The van der Waals surface area contributed by atoms with E-state index >= 15 is 0 Å². The number of likely N-dealkylation sites (tertiary alicyclic amines) is 1.